The van der Waals surface area contributed by atoms with Crippen LogP contribution in [0, 0.1) is 5.82 Å². The van der Waals surface area contributed by atoms with Gasteiger partial charge in [0.05, 0.1) is 11.9 Å². The Kier molecular flexibility index (Phi) is 4.46. The van der Waals surface area contributed by atoms with Crippen molar-refractivity contribution in [1.29, 1.82) is 0 Å². The number of halogens is 1. The van der Waals surface area contributed by atoms with Crippen molar-refractivity contribution in [3.8, 4) is 11.4 Å². The van der Waals surface area contributed by atoms with E-state index < -0.39 is 12.1 Å². The number of rotatable bonds is 4. The van der Waals surface area contributed by atoms with Crippen LogP contribution in [0.4, 0.5) is 14.9 Å². The predicted octanol–water partition coefficient (Wildman–Crippen LogP) is 3.15. The van der Waals surface area contributed by atoms with Gasteiger partial charge in [-0.25, -0.2) is 9.18 Å². The quantitative estimate of drug-likeness (QED) is 0.768. The molecule has 1 unspecified atom stereocenters. The first-order chi connectivity index (χ1) is 11.6. The Labute approximate surface area is 136 Å². The summed E-state index contributed by atoms with van der Waals surface area (Å²) in [7, 11) is 0. The summed E-state index contributed by atoms with van der Waals surface area (Å²) in [5, 5.41) is 9.11. The van der Waals surface area contributed by atoms with Gasteiger partial charge in [-0.05, 0) is 31.2 Å². The molecule has 0 saturated carbocycles. The number of nitrogens with zero attached hydrogens (tertiary/aromatic N) is 3. The Bertz CT molecular complexity index is 837. The molecule has 0 aliphatic carbocycles. The van der Waals surface area contributed by atoms with E-state index in [2.05, 4.69) is 25.8 Å². The molecule has 2 N–H and O–H groups in total. The molecule has 0 aliphatic rings. The third-order valence-electron chi connectivity index (χ3n) is 3.16. The van der Waals surface area contributed by atoms with E-state index in [9.17, 15) is 9.18 Å². The molecule has 2 aromatic heterocycles. The number of nitrogens with one attached hydrogen (secondary N) is 2. The standard InChI is InChI=1S/C16H14FN5O2/c1-10(19-16(23)20-13-6-3-7-18-9-13)15-21-14(22-24-15)11-4-2-5-12(17)8-11/h2-10H,1H3,(H2,19,20,23). The van der Waals surface area contributed by atoms with Gasteiger partial charge in [0.1, 0.15) is 11.9 Å². The molecule has 2 heterocycles. The average Bonchev–Trinajstić information content (AvgIpc) is 3.06. The number of benzene rings is 1. The number of pyridine rings is 1. The minimum Gasteiger partial charge on any atom is -0.337 e. The molecular weight excluding hydrogens is 313 g/mol. The number of urea groups is 1. The molecule has 0 aliphatic heterocycles. The fraction of sp³-hybridized carbons (Fsp3) is 0.125. The molecule has 0 radical (unpaired) electrons. The fourth-order valence-electron chi connectivity index (χ4n) is 2.02. The van der Waals surface area contributed by atoms with Gasteiger partial charge in [-0.15, -0.1) is 0 Å². The number of carbonyl (C=O) groups is 1. The number of hydrogen-bond donors (Lipinski definition) is 2. The van der Waals surface area contributed by atoms with Crippen LogP contribution in [0.2, 0.25) is 0 Å². The number of anilines is 1. The molecule has 2 amide bonds. The van der Waals surface area contributed by atoms with Crippen LogP contribution < -0.4 is 10.6 Å². The minimum atomic E-state index is -0.517. The van der Waals surface area contributed by atoms with Gasteiger partial charge in [-0.1, -0.05) is 17.3 Å². The Morgan fingerprint density at radius 3 is 2.92 bits per heavy atom. The molecule has 122 valence electrons. The van der Waals surface area contributed by atoms with E-state index in [-0.39, 0.29) is 17.5 Å². The van der Waals surface area contributed by atoms with Gasteiger partial charge in [0, 0.05) is 11.8 Å². The average molecular weight is 327 g/mol. The SMILES string of the molecule is CC(NC(=O)Nc1cccnc1)c1nc(-c2cccc(F)c2)no1. The predicted molar refractivity (Wildman–Crippen MR) is 84.5 cm³/mol. The van der Waals surface area contributed by atoms with Crippen LogP contribution in [0.15, 0.2) is 53.3 Å². The largest absolute Gasteiger partial charge is 0.337 e. The van der Waals surface area contributed by atoms with Crippen LogP contribution in [0.3, 0.4) is 0 Å². The van der Waals surface area contributed by atoms with Crippen molar-refractivity contribution >= 4 is 11.7 Å². The third-order valence-corrected chi connectivity index (χ3v) is 3.16. The van der Waals surface area contributed by atoms with Crippen molar-refractivity contribution in [1.82, 2.24) is 20.4 Å². The zero-order chi connectivity index (χ0) is 16.9. The van der Waals surface area contributed by atoms with Crippen molar-refractivity contribution < 1.29 is 13.7 Å². The van der Waals surface area contributed by atoms with E-state index in [1.807, 2.05) is 0 Å². The van der Waals surface area contributed by atoms with E-state index in [0.29, 0.717) is 11.3 Å². The lowest BCUT2D eigenvalue weighted by Crippen LogP contribution is -2.31. The summed E-state index contributed by atoms with van der Waals surface area (Å²) < 4.78 is 18.4. The molecule has 0 fully saturated rings. The van der Waals surface area contributed by atoms with Gasteiger partial charge in [-0.3, -0.25) is 4.98 Å². The monoisotopic (exact) mass is 327 g/mol. The van der Waals surface area contributed by atoms with Crippen LogP contribution in [0.5, 0.6) is 0 Å². The molecule has 0 bridgehead atoms. The first-order valence-electron chi connectivity index (χ1n) is 7.19. The lowest BCUT2D eigenvalue weighted by molar-refractivity contribution is 0.245. The third kappa shape index (κ3) is 3.72. The van der Waals surface area contributed by atoms with Gasteiger partial charge in [0.2, 0.25) is 11.7 Å². The summed E-state index contributed by atoms with van der Waals surface area (Å²) in [5.41, 5.74) is 1.06. The Morgan fingerprint density at radius 2 is 2.17 bits per heavy atom. The van der Waals surface area contributed by atoms with Crippen molar-refractivity contribution in [2.24, 2.45) is 0 Å². The maximum atomic E-state index is 13.2. The Balaban J connectivity index is 1.65. The van der Waals surface area contributed by atoms with Crippen LogP contribution in [0.1, 0.15) is 18.9 Å². The number of hydrogen-bond acceptors (Lipinski definition) is 5. The second kappa shape index (κ2) is 6.86. The lowest BCUT2D eigenvalue weighted by atomic mass is 10.2. The van der Waals surface area contributed by atoms with E-state index >= 15 is 0 Å². The Hall–Kier alpha value is -3.29. The summed E-state index contributed by atoms with van der Waals surface area (Å²) >= 11 is 0. The number of amides is 2. The highest BCUT2D eigenvalue weighted by atomic mass is 19.1. The number of aromatic nitrogens is 3. The minimum absolute atomic E-state index is 0.218. The fourth-order valence-corrected chi connectivity index (χ4v) is 2.02. The van der Waals surface area contributed by atoms with Gasteiger partial charge in [0.25, 0.3) is 0 Å². The normalized spacial score (nSPS) is 11.8. The van der Waals surface area contributed by atoms with Crippen molar-refractivity contribution in [2.75, 3.05) is 5.32 Å². The lowest BCUT2D eigenvalue weighted by Gasteiger charge is -2.10. The maximum absolute atomic E-state index is 13.2. The summed E-state index contributed by atoms with van der Waals surface area (Å²) in [6, 6.07) is 8.35. The second-order valence-electron chi connectivity index (χ2n) is 5.03. The highest BCUT2D eigenvalue weighted by Crippen LogP contribution is 2.19. The second-order valence-corrected chi connectivity index (χ2v) is 5.03. The maximum Gasteiger partial charge on any atom is 0.319 e. The summed E-state index contributed by atoms with van der Waals surface area (Å²) in [6.07, 6.45) is 3.14. The van der Waals surface area contributed by atoms with Crippen molar-refractivity contribution in [3.63, 3.8) is 0 Å². The van der Waals surface area contributed by atoms with Crippen LogP contribution in [-0.2, 0) is 0 Å². The topological polar surface area (TPSA) is 92.9 Å². The molecule has 3 aromatic rings. The molecular formula is C16H14FN5O2. The Morgan fingerprint density at radius 1 is 1.29 bits per heavy atom. The van der Waals surface area contributed by atoms with Gasteiger partial charge < -0.3 is 15.2 Å². The molecule has 3 rings (SSSR count). The molecule has 7 nitrogen and oxygen atoms in total. The number of carbonyl (C=O) groups excluding carboxylic acids is 1. The summed E-state index contributed by atoms with van der Waals surface area (Å²) in [5.74, 6) is 0.0855. The van der Waals surface area contributed by atoms with E-state index in [1.165, 1.54) is 18.3 Å². The molecule has 0 spiro atoms. The van der Waals surface area contributed by atoms with Crippen molar-refractivity contribution in [2.45, 2.75) is 13.0 Å². The highest BCUT2D eigenvalue weighted by Gasteiger charge is 2.17. The van der Waals surface area contributed by atoms with Crippen LogP contribution in [-0.4, -0.2) is 21.2 Å². The first kappa shape index (κ1) is 15.6. The molecule has 1 aromatic carbocycles. The van der Waals surface area contributed by atoms with Gasteiger partial charge in [0.15, 0.2) is 0 Å². The van der Waals surface area contributed by atoms with E-state index in [4.69, 9.17) is 4.52 Å². The smallest absolute Gasteiger partial charge is 0.319 e. The van der Waals surface area contributed by atoms with Gasteiger partial charge >= 0.3 is 6.03 Å². The van der Waals surface area contributed by atoms with Crippen LogP contribution in [0.25, 0.3) is 11.4 Å². The van der Waals surface area contributed by atoms with E-state index in [1.54, 1.807) is 37.4 Å². The molecule has 24 heavy (non-hydrogen) atoms. The molecule has 8 heteroatoms. The first-order valence-corrected chi connectivity index (χ1v) is 7.19. The van der Waals surface area contributed by atoms with Crippen molar-refractivity contribution in [3.05, 3.63) is 60.5 Å². The summed E-state index contributed by atoms with van der Waals surface area (Å²) in [4.78, 5) is 20.0. The molecule has 0 saturated heterocycles. The van der Waals surface area contributed by atoms with Crippen LogP contribution >= 0.6 is 0 Å². The molecule has 1 atom stereocenters. The van der Waals surface area contributed by atoms with E-state index in [0.717, 1.165) is 0 Å². The van der Waals surface area contributed by atoms with Gasteiger partial charge in [-0.2, -0.15) is 4.98 Å². The highest BCUT2D eigenvalue weighted by molar-refractivity contribution is 5.89. The summed E-state index contributed by atoms with van der Waals surface area (Å²) in [6.45, 7) is 1.70. The zero-order valence-corrected chi connectivity index (χ0v) is 12.7. The zero-order valence-electron chi connectivity index (χ0n) is 12.7.